The molecule has 4 aromatic rings. The maximum Gasteiger partial charge on any atom is 0.356 e. The lowest BCUT2D eigenvalue weighted by atomic mass is 9.96. The van der Waals surface area contributed by atoms with E-state index < -0.39 is 41.5 Å². The van der Waals surface area contributed by atoms with Gasteiger partial charge < -0.3 is 14.8 Å². The molecule has 1 fully saturated rings. The summed E-state index contributed by atoms with van der Waals surface area (Å²) >= 11 is 2.73. The number of benzene rings is 3. The molecule has 0 radical (unpaired) electrons. The van der Waals surface area contributed by atoms with E-state index in [-0.39, 0.29) is 23.1 Å². The molecule has 3 atom stereocenters. The van der Waals surface area contributed by atoms with Crippen molar-refractivity contribution < 1.29 is 28.7 Å². The number of carbonyl (C=O) groups is 4. The van der Waals surface area contributed by atoms with E-state index in [0.717, 1.165) is 16.0 Å². The molecule has 0 saturated carbocycles. The number of hydrogen-bond acceptors (Lipinski definition) is 9. The topological polar surface area (TPSA) is 115 Å². The molecule has 0 bridgehead atoms. The molecule has 0 aliphatic carbocycles. The molecule has 0 spiro atoms. The predicted molar refractivity (Wildman–Crippen MR) is 179 cm³/mol. The second-order valence-corrected chi connectivity index (χ2v) is 13.0. The Morgan fingerprint density at radius 3 is 1.96 bits per heavy atom. The number of hydrogen-bond donors (Lipinski definition) is 1. The number of β-lactam (4-membered cyclic amide) rings is 1. The summed E-state index contributed by atoms with van der Waals surface area (Å²) in [4.78, 5) is 59.7. The zero-order valence-electron chi connectivity index (χ0n) is 25.4. The van der Waals surface area contributed by atoms with E-state index in [1.54, 1.807) is 36.7 Å². The fraction of sp³-hybridized carbons (Fsp3) is 0.194. The van der Waals surface area contributed by atoms with Crippen LogP contribution in [0.15, 0.2) is 132 Å². The first kappa shape index (κ1) is 32.1. The second-order valence-electron chi connectivity index (χ2n) is 10.8. The fourth-order valence-corrected chi connectivity index (χ4v) is 7.58. The summed E-state index contributed by atoms with van der Waals surface area (Å²) in [5.41, 5.74) is 2.60. The lowest BCUT2D eigenvalue weighted by Crippen LogP contribution is -2.71. The maximum atomic E-state index is 14.4. The van der Waals surface area contributed by atoms with Crippen LogP contribution in [0.1, 0.15) is 35.8 Å². The molecule has 9 nitrogen and oxygen atoms in total. The molecule has 11 heteroatoms. The Morgan fingerprint density at radius 1 is 0.851 bits per heavy atom. The van der Waals surface area contributed by atoms with Crippen molar-refractivity contribution in [3.8, 4) is 0 Å². The molecule has 1 unspecified atom stereocenters. The molecule has 2 aliphatic heterocycles. The van der Waals surface area contributed by atoms with Gasteiger partial charge in [-0.2, -0.15) is 0 Å². The highest BCUT2D eigenvalue weighted by Gasteiger charge is 2.55. The standard InChI is InChI=1S/C36H31N3O6S2/c1-23(40)44-33(26-15-9-4-10-16-26)28-21-47-35-30(38-29(41)22-46-27-17-19-37-20-18-27)34(42)39(35)31(28)36(43)45-32(24-11-5-2-6-12-24)25-13-7-3-8-14-25/h2-20,30,32-33,35H,21-22H2,1H3,(H,38,41)/t30-,33?,35+/m0/s1. The summed E-state index contributed by atoms with van der Waals surface area (Å²) in [6, 6.07) is 30.5. The highest BCUT2D eigenvalue weighted by molar-refractivity contribution is 8.00. The third kappa shape index (κ3) is 7.26. The number of thioether (sulfide) groups is 2. The summed E-state index contributed by atoms with van der Waals surface area (Å²) < 4.78 is 12.1. The Kier molecular flexibility index (Phi) is 10.0. The molecular formula is C36H31N3O6S2. The Balaban J connectivity index is 1.33. The highest BCUT2D eigenvalue weighted by atomic mass is 32.2. The summed E-state index contributed by atoms with van der Waals surface area (Å²) in [7, 11) is 0. The fourth-order valence-electron chi connectivity index (χ4n) is 5.51. The van der Waals surface area contributed by atoms with E-state index in [1.165, 1.54) is 35.3 Å². The Hall–Kier alpha value is -4.87. The van der Waals surface area contributed by atoms with Gasteiger partial charge in [-0.1, -0.05) is 91.0 Å². The largest absolute Gasteiger partial charge is 0.453 e. The molecular weight excluding hydrogens is 635 g/mol. The number of pyridine rings is 1. The highest BCUT2D eigenvalue weighted by Crippen LogP contribution is 2.45. The number of nitrogens with zero attached hydrogens (tertiary/aromatic N) is 2. The van der Waals surface area contributed by atoms with E-state index in [2.05, 4.69) is 10.3 Å². The van der Waals surface area contributed by atoms with E-state index >= 15 is 0 Å². The van der Waals surface area contributed by atoms with Crippen molar-refractivity contribution in [3.05, 3.63) is 143 Å². The van der Waals surface area contributed by atoms with Gasteiger partial charge in [-0.15, -0.1) is 23.5 Å². The first-order chi connectivity index (χ1) is 22.9. The number of carbonyl (C=O) groups excluding carboxylic acids is 4. The number of amides is 2. The number of ether oxygens (including phenoxy) is 2. The van der Waals surface area contributed by atoms with Crippen LogP contribution in [0, 0.1) is 0 Å². The molecule has 3 aromatic carbocycles. The van der Waals surface area contributed by atoms with E-state index in [9.17, 15) is 19.2 Å². The van der Waals surface area contributed by atoms with Crippen molar-refractivity contribution in [2.45, 2.75) is 35.4 Å². The number of aromatic nitrogens is 1. The average Bonchev–Trinajstić information content (AvgIpc) is 3.11. The summed E-state index contributed by atoms with van der Waals surface area (Å²) in [5, 5.41) is 2.30. The molecule has 47 heavy (non-hydrogen) atoms. The normalized spacial score (nSPS) is 17.7. The van der Waals surface area contributed by atoms with Crippen LogP contribution in [-0.4, -0.2) is 56.6 Å². The third-order valence-electron chi connectivity index (χ3n) is 7.66. The smallest absolute Gasteiger partial charge is 0.356 e. The van der Waals surface area contributed by atoms with Crippen LogP contribution in [0.25, 0.3) is 0 Å². The maximum absolute atomic E-state index is 14.4. The molecule has 2 amide bonds. The van der Waals surface area contributed by atoms with Gasteiger partial charge in [0.25, 0.3) is 5.91 Å². The van der Waals surface area contributed by atoms with Crippen LogP contribution >= 0.6 is 23.5 Å². The van der Waals surface area contributed by atoms with Crippen molar-refractivity contribution in [3.63, 3.8) is 0 Å². The lowest BCUT2D eigenvalue weighted by molar-refractivity contribution is -0.155. The Morgan fingerprint density at radius 2 is 1.40 bits per heavy atom. The summed E-state index contributed by atoms with van der Waals surface area (Å²) in [5.74, 6) is -1.66. The molecule has 3 heterocycles. The minimum Gasteiger partial charge on any atom is -0.453 e. The molecule has 1 N–H and O–H groups in total. The van der Waals surface area contributed by atoms with Gasteiger partial charge in [-0.25, -0.2) is 4.79 Å². The van der Waals surface area contributed by atoms with Crippen molar-refractivity contribution in [2.24, 2.45) is 0 Å². The van der Waals surface area contributed by atoms with Crippen molar-refractivity contribution in [2.75, 3.05) is 11.5 Å². The van der Waals surface area contributed by atoms with Gasteiger partial charge in [0.15, 0.2) is 12.2 Å². The van der Waals surface area contributed by atoms with E-state index in [1.807, 2.05) is 78.9 Å². The molecule has 1 saturated heterocycles. The average molecular weight is 666 g/mol. The van der Waals surface area contributed by atoms with Crippen LogP contribution in [0.5, 0.6) is 0 Å². The number of fused-ring (bicyclic) bond motifs is 1. The zero-order valence-corrected chi connectivity index (χ0v) is 27.0. The number of nitrogens with one attached hydrogen (secondary N) is 1. The monoisotopic (exact) mass is 665 g/mol. The first-order valence-corrected chi connectivity index (χ1v) is 17.0. The van der Waals surface area contributed by atoms with Gasteiger partial charge in [0.1, 0.15) is 17.1 Å². The van der Waals surface area contributed by atoms with Gasteiger partial charge in [-0.3, -0.25) is 24.3 Å². The van der Waals surface area contributed by atoms with Crippen molar-refractivity contribution >= 4 is 47.3 Å². The van der Waals surface area contributed by atoms with Crippen LogP contribution < -0.4 is 5.32 Å². The Labute approximate surface area is 280 Å². The first-order valence-electron chi connectivity index (χ1n) is 14.9. The predicted octanol–water partition coefficient (Wildman–Crippen LogP) is 5.46. The van der Waals surface area contributed by atoms with Gasteiger partial charge in [0.05, 0.1) is 5.75 Å². The lowest BCUT2D eigenvalue weighted by Gasteiger charge is -2.50. The van der Waals surface area contributed by atoms with Crippen LogP contribution in [0.3, 0.4) is 0 Å². The quantitative estimate of drug-likeness (QED) is 0.127. The zero-order chi connectivity index (χ0) is 32.8. The van der Waals surface area contributed by atoms with E-state index in [4.69, 9.17) is 9.47 Å². The van der Waals surface area contributed by atoms with Crippen molar-refractivity contribution in [1.29, 1.82) is 0 Å². The SMILES string of the molecule is CC(=O)OC(C1=C(C(=O)OC(c2ccccc2)c2ccccc2)N2C(=O)[C@H](NC(=O)CSc3ccncc3)[C@H]2SC1)c1ccccc1. The van der Waals surface area contributed by atoms with Gasteiger partial charge >= 0.3 is 11.9 Å². The van der Waals surface area contributed by atoms with Gasteiger partial charge in [0.2, 0.25) is 5.91 Å². The van der Waals surface area contributed by atoms with Crippen LogP contribution in [0.2, 0.25) is 0 Å². The Bertz CT molecular complexity index is 1730. The second kappa shape index (κ2) is 14.7. The molecule has 238 valence electrons. The molecule has 1 aromatic heterocycles. The molecule has 2 aliphatic rings. The molecule has 6 rings (SSSR count). The number of esters is 2. The minimum absolute atomic E-state index is 0.0161. The van der Waals surface area contributed by atoms with Crippen LogP contribution in [0.4, 0.5) is 0 Å². The van der Waals surface area contributed by atoms with Crippen molar-refractivity contribution in [1.82, 2.24) is 15.2 Å². The third-order valence-corrected chi connectivity index (χ3v) is 9.97. The van der Waals surface area contributed by atoms with E-state index in [0.29, 0.717) is 11.1 Å². The van der Waals surface area contributed by atoms with Crippen LogP contribution in [-0.2, 0) is 28.7 Å². The van der Waals surface area contributed by atoms with Gasteiger partial charge in [0, 0.05) is 35.5 Å². The number of rotatable bonds is 11. The summed E-state index contributed by atoms with van der Waals surface area (Å²) in [6.45, 7) is 1.30. The van der Waals surface area contributed by atoms with Gasteiger partial charge in [-0.05, 0) is 28.8 Å². The minimum atomic E-state index is -0.935. The summed E-state index contributed by atoms with van der Waals surface area (Å²) in [6.07, 6.45) is 1.59.